The van der Waals surface area contributed by atoms with Crippen molar-refractivity contribution in [3.63, 3.8) is 0 Å². The number of aliphatic hydroxyl groups is 1. The molecule has 0 aliphatic rings. The summed E-state index contributed by atoms with van der Waals surface area (Å²) in [5.41, 5.74) is 0. The summed E-state index contributed by atoms with van der Waals surface area (Å²) in [6, 6.07) is 0. The second-order valence-electron chi connectivity index (χ2n) is 2.90. The highest BCUT2D eigenvalue weighted by Gasteiger charge is 2.02. The van der Waals surface area contributed by atoms with E-state index in [1.54, 1.807) is 11.8 Å². The van der Waals surface area contributed by atoms with Crippen LogP contribution in [0.4, 0.5) is 0 Å². The van der Waals surface area contributed by atoms with E-state index in [4.69, 9.17) is 9.84 Å². The molecule has 0 bridgehead atoms. The zero-order valence-electron chi connectivity index (χ0n) is 10.1. The van der Waals surface area contributed by atoms with Crippen molar-refractivity contribution < 1.29 is 14.6 Å². The van der Waals surface area contributed by atoms with Gasteiger partial charge in [-0.25, -0.2) is 0 Å². The van der Waals surface area contributed by atoms with Crippen molar-refractivity contribution in [1.82, 2.24) is 0 Å². The number of ether oxygens (including phenoxy) is 1. The van der Waals surface area contributed by atoms with E-state index < -0.39 is 0 Å². The number of carbonyl (C=O) groups excluding carboxylic acids is 1. The average Bonchev–Trinajstić information content (AvgIpc) is 2.33. The summed E-state index contributed by atoms with van der Waals surface area (Å²) in [4.78, 5) is 11.2. The lowest BCUT2D eigenvalue weighted by Crippen LogP contribution is -2.07. The Morgan fingerprint density at radius 2 is 1.94 bits per heavy atom. The fourth-order valence-corrected chi connectivity index (χ4v) is 4.48. The number of esters is 1. The molecule has 0 aliphatic carbocycles. The van der Waals surface area contributed by atoms with Gasteiger partial charge in [-0.3, -0.25) is 4.79 Å². The summed E-state index contributed by atoms with van der Waals surface area (Å²) < 4.78 is 5.02. The molecule has 3 nitrogen and oxygen atoms in total. The molecule has 0 aliphatic heterocycles. The van der Waals surface area contributed by atoms with Gasteiger partial charge in [0.05, 0.1) is 5.75 Å². The molecule has 0 spiro atoms. The Morgan fingerprint density at radius 3 is 2.65 bits per heavy atom. The van der Waals surface area contributed by atoms with Crippen LogP contribution in [0.15, 0.2) is 0 Å². The van der Waals surface area contributed by atoms with Crippen LogP contribution in [-0.2, 0) is 9.53 Å². The van der Waals surface area contributed by atoms with Gasteiger partial charge in [-0.05, 0) is 17.9 Å². The first-order chi connectivity index (χ1) is 8.31. The van der Waals surface area contributed by atoms with Gasteiger partial charge in [0.15, 0.2) is 0 Å². The summed E-state index contributed by atoms with van der Waals surface area (Å²) in [6.45, 7) is 2.34. The van der Waals surface area contributed by atoms with Crippen molar-refractivity contribution >= 4 is 53.0 Å². The summed E-state index contributed by atoms with van der Waals surface area (Å²) in [7, 11) is 0. The first kappa shape index (κ1) is 17.8. The summed E-state index contributed by atoms with van der Waals surface area (Å²) in [5.74, 6) is 2.67. The highest BCUT2D eigenvalue weighted by molar-refractivity contribution is 8.22. The molecule has 0 aromatic heterocycles. The third kappa shape index (κ3) is 14.8. The summed E-state index contributed by atoms with van der Waals surface area (Å²) >= 11 is 6.88. The van der Waals surface area contributed by atoms with Gasteiger partial charge >= 0.3 is 5.97 Å². The third-order valence-electron chi connectivity index (χ3n) is 1.51. The predicted octanol–water partition coefficient (Wildman–Crippen LogP) is 2.74. The molecule has 0 fully saturated rings. The van der Waals surface area contributed by atoms with Crippen LogP contribution in [0, 0.1) is 0 Å². The summed E-state index contributed by atoms with van der Waals surface area (Å²) in [6.07, 6.45) is 0.753. The normalized spacial score (nSPS) is 10.5. The van der Waals surface area contributed by atoms with Crippen molar-refractivity contribution in [3.05, 3.63) is 0 Å². The topological polar surface area (TPSA) is 46.5 Å². The molecule has 0 radical (unpaired) electrons. The highest BCUT2D eigenvalue weighted by Crippen LogP contribution is 2.17. The molecular formula is C10H20O3S4. The predicted molar refractivity (Wildman–Crippen MR) is 83.0 cm³/mol. The first-order valence-electron chi connectivity index (χ1n) is 5.38. The van der Waals surface area contributed by atoms with Gasteiger partial charge < -0.3 is 9.84 Å². The van der Waals surface area contributed by atoms with Crippen LogP contribution in [0.25, 0.3) is 0 Å². The first-order valence-corrected chi connectivity index (χ1v) is 10.0. The van der Waals surface area contributed by atoms with Crippen LogP contribution in [0.2, 0.25) is 0 Å². The third-order valence-corrected chi connectivity index (χ3v) is 5.88. The Hall–Kier alpha value is 0.830. The molecule has 1 N–H and O–H groups in total. The van der Waals surface area contributed by atoms with Crippen molar-refractivity contribution in [2.75, 3.05) is 40.0 Å². The minimum atomic E-state index is -0.143. The van der Waals surface area contributed by atoms with Gasteiger partial charge in [0.25, 0.3) is 0 Å². The quantitative estimate of drug-likeness (QED) is 0.337. The maximum absolute atomic E-state index is 11.2. The van der Waals surface area contributed by atoms with E-state index in [0.717, 1.165) is 28.1 Å². The lowest BCUT2D eigenvalue weighted by Gasteiger charge is -2.04. The molecule has 0 rings (SSSR count). The van der Waals surface area contributed by atoms with Gasteiger partial charge in [0.2, 0.25) is 0 Å². The second-order valence-corrected chi connectivity index (χ2v) is 7.93. The SMILES string of the molecule is CCSCSCSCC(=O)OCSCCCO. The maximum Gasteiger partial charge on any atom is 0.316 e. The largest absolute Gasteiger partial charge is 0.454 e. The number of hydrogen-bond acceptors (Lipinski definition) is 7. The Morgan fingerprint density at radius 1 is 1.18 bits per heavy atom. The summed E-state index contributed by atoms with van der Waals surface area (Å²) in [5, 5.41) is 10.6. The van der Waals surface area contributed by atoms with E-state index in [-0.39, 0.29) is 12.6 Å². The fraction of sp³-hybridized carbons (Fsp3) is 0.900. The Balaban J connectivity index is 3.12. The molecule has 0 atom stereocenters. The van der Waals surface area contributed by atoms with Gasteiger partial charge in [-0.1, -0.05) is 6.92 Å². The minimum absolute atomic E-state index is 0.143. The highest BCUT2D eigenvalue weighted by atomic mass is 32.2. The standard InChI is InChI=1S/C10H20O3S4/c1-2-14-8-17-9-16-6-10(12)13-7-15-5-3-4-11/h11H,2-9H2,1H3. The number of rotatable bonds is 12. The molecule has 0 saturated heterocycles. The van der Waals surface area contributed by atoms with E-state index in [1.165, 1.54) is 11.8 Å². The van der Waals surface area contributed by atoms with E-state index >= 15 is 0 Å². The number of carbonyl (C=O) groups is 1. The maximum atomic E-state index is 11.2. The number of thioether (sulfide) groups is 4. The van der Waals surface area contributed by atoms with E-state index in [0.29, 0.717) is 11.7 Å². The smallest absolute Gasteiger partial charge is 0.316 e. The average molecular weight is 317 g/mol. The van der Waals surface area contributed by atoms with Crippen LogP contribution >= 0.6 is 47.0 Å². The second kappa shape index (κ2) is 14.9. The molecular weight excluding hydrogens is 296 g/mol. The molecule has 0 saturated carbocycles. The molecule has 102 valence electrons. The van der Waals surface area contributed by atoms with Crippen LogP contribution in [0.5, 0.6) is 0 Å². The van der Waals surface area contributed by atoms with Gasteiger partial charge in [0.1, 0.15) is 5.94 Å². The lowest BCUT2D eigenvalue weighted by atomic mass is 10.5. The Bertz CT molecular complexity index is 181. The van der Waals surface area contributed by atoms with Crippen LogP contribution in [0.1, 0.15) is 13.3 Å². The number of aliphatic hydroxyl groups excluding tert-OH is 1. The molecule has 7 heteroatoms. The van der Waals surface area contributed by atoms with Crippen LogP contribution in [-0.4, -0.2) is 51.0 Å². The van der Waals surface area contributed by atoms with Crippen molar-refractivity contribution in [2.45, 2.75) is 13.3 Å². The Kier molecular flexibility index (Phi) is 15.6. The molecule has 0 heterocycles. The van der Waals surface area contributed by atoms with Gasteiger partial charge in [0, 0.05) is 16.8 Å². The van der Waals surface area contributed by atoms with Gasteiger partial charge in [-0.2, -0.15) is 11.8 Å². The van der Waals surface area contributed by atoms with Gasteiger partial charge in [-0.15, -0.1) is 35.3 Å². The molecule has 0 unspecified atom stereocenters. The molecule has 0 aromatic carbocycles. The van der Waals surface area contributed by atoms with Crippen LogP contribution < -0.4 is 0 Å². The zero-order valence-corrected chi connectivity index (χ0v) is 13.3. The van der Waals surface area contributed by atoms with Crippen molar-refractivity contribution in [2.24, 2.45) is 0 Å². The van der Waals surface area contributed by atoms with E-state index in [2.05, 4.69) is 6.92 Å². The number of hydrogen-bond donors (Lipinski definition) is 1. The molecule has 0 aromatic rings. The van der Waals surface area contributed by atoms with E-state index in [9.17, 15) is 4.79 Å². The fourth-order valence-electron chi connectivity index (χ4n) is 0.735. The molecule has 0 amide bonds. The van der Waals surface area contributed by atoms with Crippen molar-refractivity contribution in [1.29, 1.82) is 0 Å². The monoisotopic (exact) mass is 316 g/mol. The van der Waals surface area contributed by atoms with Crippen molar-refractivity contribution in [3.8, 4) is 0 Å². The minimum Gasteiger partial charge on any atom is -0.454 e. The zero-order chi connectivity index (χ0) is 12.8. The molecule has 17 heavy (non-hydrogen) atoms. The Labute approximate surface area is 121 Å². The lowest BCUT2D eigenvalue weighted by molar-refractivity contribution is -0.138. The van der Waals surface area contributed by atoms with Crippen LogP contribution in [0.3, 0.4) is 0 Å². The van der Waals surface area contributed by atoms with E-state index in [1.807, 2.05) is 23.5 Å².